The molecule has 4 rings (SSSR count). The third-order valence-electron chi connectivity index (χ3n) is 4.42. The first-order valence-electron chi connectivity index (χ1n) is 8.44. The Morgan fingerprint density at radius 2 is 1.92 bits per heavy atom. The monoisotopic (exact) mass is 387 g/mol. The van der Waals surface area contributed by atoms with E-state index in [4.69, 9.17) is 16.0 Å². The smallest absolute Gasteiger partial charge is 0.253 e. The summed E-state index contributed by atoms with van der Waals surface area (Å²) in [7, 11) is 0. The van der Waals surface area contributed by atoms with E-state index in [0.717, 1.165) is 49.2 Å². The number of carbonyl (C=O) groups is 1. The van der Waals surface area contributed by atoms with Crippen LogP contribution in [-0.2, 0) is 6.54 Å². The lowest BCUT2D eigenvalue weighted by Crippen LogP contribution is -2.48. The van der Waals surface area contributed by atoms with Crippen molar-refractivity contribution in [1.82, 2.24) is 14.8 Å². The molecule has 0 bridgehead atoms. The topological polar surface area (TPSA) is 49.6 Å². The van der Waals surface area contributed by atoms with Gasteiger partial charge in [-0.3, -0.25) is 9.69 Å². The largest absolute Gasteiger partial charge is 0.462 e. The van der Waals surface area contributed by atoms with Crippen LogP contribution in [0, 0.1) is 0 Å². The van der Waals surface area contributed by atoms with Gasteiger partial charge in [-0.2, -0.15) is 0 Å². The highest BCUT2D eigenvalue weighted by Crippen LogP contribution is 2.24. The Labute approximate surface area is 160 Å². The van der Waals surface area contributed by atoms with E-state index in [1.54, 1.807) is 41.9 Å². The van der Waals surface area contributed by atoms with Gasteiger partial charge in [-0.05, 0) is 36.4 Å². The van der Waals surface area contributed by atoms with Crippen LogP contribution in [0.5, 0.6) is 0 Å². The number of amides is 1. The number of thiazole rings is 1. The van der Waals surface area contributed by atoms with E-state index in [2.05, 4.69) is 15.3 Å². The molecule has 0 aliphatic carbocycles. The van der Waals surface area contributed by atoms with E-state index < -0.39 is 0 Å². The Morgan fingerprint density at radius 3 is 2.62 bits per heavy atom. The zero-order valence-corrected chi connectivity index (χ0v) is 15.7. The first-order chi connectivity index (χ1) is 12.7. The van der Waals surface area contributed by atoms with Gasteiger partial charge >= 0.3 is 0 Å². The zero-order valence-electron chi connectivity index (χ0n) is 14.1. The van der Waals surface area contributed by atoms with Gasteiger partial charge in [0.1, 0.15) is 0 Å². The molecule has 7 heteroatoms. The van der Waals surface area contributed by atoms with Gasteiger partial charge in [0.05, 0.1) is 12.0 Å². The highest BCUT2D eigenvalue weighted by Gasteiger charge is 2.22. The average Bonchev–Trinajstić information content (AvgIpc) is 3.34. The molecule has 26 heavy (non-hydrogen) atoms. The molecule has 5 nitrogen and oxygen atoms in total. The predicted octanol–water partition coefficient (Wildman–Crippen LogP) is 4.01. The summed E-state index contributed by atoms with van der Waals surface area (Å²) in [4.78, 5) is 21.4. The van der Waals surface area contributed by atoms with Crippen LogP contribution in [0.1, 0.15) is 16.1 Å². The molecule has 0 saturated carbocycles. The van der Waals surface area contributed by atoms with Crippen molar-refractivity contribution in [2.45, 2.75) is 6.54 Å². The Bertz CT molecular complexity index is 869. The highest BCUT2D eigenvalue weighted by atomic mass is 35.5. The van der Waals surface area contributed by atoms with Gasteiger partial charge in [0.15, 0.2) is 10.8 Å². The lowest BCUT2D eigenvalue weighted by atomic mass is 10.2. The van der Waals surface area contributed by atoms with Crippen LogP contribution in [0.2, 0.25) is 5.02 Å². The number of carbonyl (C=O) groups excluding carboxylic acids is 1. The second kappa shape index (κ2) is 7.61. The van der Waals surface area contributed by atoms with Crippen LogP contribution in [0.4, 0.5) is 0 Å². The minimum absolute atomic E-state index is 0.0649. The summed E-state index contributed by atoms with van der Waals surface area (Å²) in [6, 6.07) is 10.9. The van der Waals surface area contributed by atoms with Gasteiger partial charge in [0, 0.05) is 48.7 Å². The van der Waals surface area contributed by atoms with Crippen LogP contribution in [0.15, 0.2) is 52.5 Å². The van der Waals surface area contributed by atoms with Crippen molar-refractivity contribution in [3.63, 3.8) is 0 Å². The van der Waals surface area contributed by atoms with Crippen molar-refractivity contribution in [1.29, 1.82) is 0 Å². The van der Waals surface area contributed by atoms with Crippen LogP contribution in [0.3, 0.4) is 0 Å². The van der Waals surface area contributed by atoms with Crippen molar-refractivity contribution in [2.75, 3.05) is 26.2 Å². The molecule has 1 saturated heterocycles. The maximum Gasteiger partial charge on any atom is 0.253 e. The Morgan fingerprint density at radius 1 is 1.15 bits per heavy atom. The first-order valence-corrected chi connectivity index (χ1v) is 9.70. The van der Waals surface area contributed by atoms with Gasteiger partial charge in [-0.15, -0.1) is 11.3 Å². The van der Waals surface area contributed by atoms with Crippen LogP contribution >= 0.6 is 22.9 Å². The number of furan rings is 1. The molecule has 1 aliphatic heterocycles. The van der Waals surface area contributed by atoms with Gasteiger partial charge in [0.2, 0.25) is 0 Å². The summed E-state index contributed by atoms with van der Waals surface area (Å²) in [6.45, 7) is 3.91. The van der Waals surface area contributed by atoms with Crippen molar-refractivity contribution >= 4 is 28.8 Å². The summed E-state index contributed by atoms with van der Waals surface area (Å²) in [6.07, 6.45) is 1.66. The normalized spacial score (nSPS) is 15.3. The molecule has 0 unspecified atom stereocenters. The number of aromatic nitrogens is 1. The number of benzene rings is 1. The molecule has 0 radical (unpaired) electrons. The number of piperazine rings is 1. The van der Waals surface area contributed by atoms with Crippen LogP contribution < -0.4 is 0 Å². The van der Waals surface area contributed by atoms with E-state index in [1.807, 2.05) is 17.0 Å². The fourth-order valence-corrected chi connectivity index (χ4v) is 3.91. The Balaban J connectivity index is 1.32. The fraction of sp³-hybridized carbons (Fsp3) is 0.263. The summed E-state index contributed by atoms with van der Waals surface area (Å²) in [5, 5.41) is 3.62. The molecule has 1 aromatic carbocycles. The average molecular weight is 388 g/mol. The van der Waals surface area contributed by atoms with Crippen molar-refractivity contribution in [3.05, 3.63) is 64.3 Å². The van der Waals surface area contributed by atoms with Gasteiger partial charge in [-0.25, -0.2) is 4.98 Å². The Hall–Kier alpha value is -2.15. The lowest BCUT2D eigenvalue weighted by Gasteiger charge is -2.34. The summed E-state index contributed by atoms with van der Waals surface area (Å²) in [5.41, 5.74) is 1.73. The van der Waals surface area contributed by atoms with E-state index in [-0.39, 0.29) is 5.91 Å². The third kappa shape index (κ3) is 3.82. The number of rotatable bonds is 4. The molecule has 134 valence electrons. The highest BCUT2D eigenvalue weighted by molar-refractivity contribution is 7.13. The number of nitrogens with zero attached hydrogens (tertiary/aromatic N) is 3. The first kappa shape index (κ1) is 17.3. The molecular formula is C19H18ClN3O2S. The van der Waals surface area contributed by atoms with E-state index in [1.165, 1.54) is 0 Å². The van der Waals surface area contributed by atoms with Gasteiger partial charge in [0.25, 0.3) is 5.91 Å². The van der Waals surface area contributed by atoms with Crippen molar-refractivity contribution in [2.24, 2.45) is 0 Å². The second-order valence-corrected chi connectivity index (χ2v) is 7.49. The standard InChI is InChI=1S/C19H18ClN3O2S/c20-15-5-3-14(4-6-15)19(24)23-9-7-22(8-10-23)12-16-13-26-18(21-16)17-2-1-11-25-17/h1-6,11,13H,7-10,12H2. The second-order valence-electron chi connectivity index (χ2n) is 6.20. The van der Waals surface area contributed by atoms with Crippen LogP contribution in [0.25, 0.3) is 10.8 Å². The van der Waals surface area contributed by atoms with E-state index in [0.29, 0.717) is 10.6 Å². The summed E-state index contributed by atoms with van der Waals surface area (Å²) in [5.74, 6) is 0.870. The molecule has 2 aromatic heterocycles. The minimum Gasteiger partial charge on any atom is -0.462 e. The molecule has 0 N–H and O–H groups in total. The molecular weight excluding hydrogens is 370 g/mol. The van der Waals surface area contributed by atoms with Crippen molar-refractivity contribution < 1.29 is 9.21 Å². The van der Waals surface area contributed by atoms with Gasteiger partial charge in [-0.1, -0.05) is 11.6 Å². The molecule has 1 fully saturated rings. The number of halogens is 1. The Kier molecular flexibility index (Phi) is 5.06. The summed E-state index contributed by atoms with van der Waals surface area (Å²) >= 11 is 7.48. The molecule has 3 heterocycles. The maximum absolute atomic E-state index is 12.6. The molecule has 0 atom stereocenters. The lowest BCUT2D eigenvalue weighted by molar-refractivity contribution is 0.0627. The maximum atomic E-state index is 12.6. The minimum atomic E-state index is 0.0649. The van der Waals surface area contributed by atoms with Crippen molar-refractivity contribution in [3.8, 4) is 10.8 Å². The predicted molar refractivity (Wildman–Crippen MR) is 102 cm³/mol. The van der Waals surface area contributed by atoms with E-state index >= 15 is 0 Å². The SMILES string of the molecule is O=C(c1ccc(Cl)cc1)N1CCN(Cc2csc(-c3ccco3)n2)CC1. The zero-order chi connectivity index (χ0) is 17.9. The third-order valence-corrected chi connectivity index (χ3v) is 5.58. The number of hydrogen-bond acceptors (Lipinski definition) is 5. The number of hydrogen-bond donors (Lipinski definition) is 0. The van der Waals surface area contributed by atoms with Crippen LogP contribution in [-0.4, -0.2) is 46.9 Å². The molecule has 0 spiro atoms. The molecule has 1 aliphatic rings. The summed E-state index contributed by atoms with van der Waals surface area (Å²) < 4.78 is 5.39. The quantitative estimate of drug-likeness (QED) is 0.678. The molecule has 1 amide bonds. The molecule has 3 aromatic rings. The van der Waals surface area contributed by atoms with Gasteiger partial charge < -0.3 is 9.32 Å². The fourth-order valence-electron chi connectivity index (χ4n) is 3.01. The van der Waals surface area contributed by atoms with E-state index in [9.17, 15) is 4.79 Å².